The molecule has 0 aromatic heterocycles. The standard InChI is InChI=1S/C27H36FN3O4S/c1-2-35-25(33)11-14-30-16-15-29(18-24(30)32)12-9-20-17-31(13-10-23(20)36)26(27(34)19-7-8-19)21-5-3-4-6-22(21)28/h3-6,9,19,23,26,36H,2,7-8,10-18H2,1H3/b20-9+. The molecular weight excluding hydrogens is 481 g/mol. The number of nitrogens with zero attached hydrogens (tertiary/aromatic N) is 3. The van der Waals surface area contributed by atoms with E-state index in [1.807, 2.05) is 0 Å². The summed E-state index contributed by atoms with van der Waals surface area (Å²) < 4.78 is 19.7. The van der Waals surface area contributed by atoms with Gasteiger partial charge in [0.05, 0.1) is 25.6 Å². The van der Waals surface area contributed by atoms with Gasteiger partial charge in [-0.25, -0.2) is 4.39 Å². The maximum absolute atomic E-state index is 14.7. The molecular formula is C27H36FN3O4S. The molecule has 9 heteroatoms. The predicted octanol–water partition coefficient (Wildman–Crippen LogP) is 2.87. The Balaban J connectivity index is 1.37. The Morgan fingerprint density at radius 2 is 1.94 bits per heavy atom. The number of amides is 1. The zero-order valence-electron chi connectivity index (χ0n) is 20.9. The highest BCUT2D eigenvalue weighted by atomic mass is 32.1. The minimum atomic E-state index is -0.576. The van der Waals surface area contributed by atoms with Crippen molar-refractivity contribution in [1.82, 2.24) is 14.7 Å². The summed E-state index contributed by atoms with van der Waals surface area (Å²) in [6, 6.07) is 6.02. The molecule has 4 rings (SSSR count). The fraction of sp³-hybridized carbons (Fsp3) is 0.593. The van der Waals surface area contributed by atoms with Crippen LogP contribution >= 0.6 is 12.6 Å². The molecule has 1 amide bonds. The summed E-state index contributed by atoms with van der Waals surface area (Å²) in [6.07, 6.45) is 4.87. The lowest BCUT2D eigenvalue weighted by molar-refractivity contribution is -0.144. The number of Topliss-reactive ketones (excluding diaryl/α,β-unsaturated/α-hetero) is 1. The van der Waals surface area contributed by atoms with Crippen molar-refractivity contribution >= 4 is 30.3 Å². The van der Waals surface area contributed by atoms with Gasteiger partial charge in [0.15, 0.2) is 5.78 Å². The molecule has 2 aliphatic heterocycles. The number of ketones is 1. The first-order chi connectivity index (χ1) is 17.4. The van der Waals surface area contributed by atoms with E-state index in [1.54, 1.807) is 30.0 Å². The van der Waals surface area contributed by atoms with Crippen molar-refractivity contribution in [1.29, 1.82) is 0 Å². The Bertz CT molecular complexity index is 999. The Morgan fingerprint density at radius 1 is 1.17 bits per heavy atom. The Morgan fingerprint density at radius 3 is 2.64 bits per heavy atom. The molecule has 0 radical (unpaired) electrons. The van der Waals surface area contributed by atoms with Crippen molar-refractivity contribution in [3.63, 3.8) is 0 Å². The number of piperidine rings is 1. The molecule has 0 spiro atoms. The zero-order chi connectivity index (χ0) is 25.7. The molecule has 2 atom stereocenters. The normalized spacial score (nSPS) is 23.6. The van der Waals surface area contributed by atoms with Gasteiger partial charge in [-0.2, -0.15) is 12.6 Å². The first-order valence-electron chi connectivity index (χ1n) is 12.9. The zero-order valence-corrected chi connectivity index (χ0v) is 21.8. The maximum Gasteiger partial charge on any atom is 0.307 e. The van der Waals surface area contributed by atoms with Crippen molar-refractivity contribution in [3.05, 3.63) is 47.3 Å². The number of benzene rings is 1. The molecule has 3 fully saturated rings. The minimum absolute atomic E-state index is 0.00582. The number of esters is 1. The number of piperazine rings is 1. The van der Waals surface area contributed by atoms with Crippen molar-refractivity contribution in [3.8, 4) is 0 Å². The molecule has 1 saturated carbocycles. The van der Waals surface area contributed by atoms with Crippen LogP contribution in [0.15, 0.2) is 35.9 Å². The quantitative estimate of drug-likeness (QED) is 0.293. The van der Waals surface area contributed by atoms with Gasteiger partial charge in [0.25, 0.3) is 0 Å². The molecule has 0 bridgehead atoms. The van der Waals surface area contributed by atoms with Crippen LogP contribution in [0.2, 0.25) is 0 Å². The van der Waals surface area contributed by atoms with E-state index in [4.69, 9.17) is 17.4 Å². The fourth-order valence-electron chi connectivity index (χ4n) is 4.99. The van der Waals surface area contributed by atoms with Crippen LogP contribution < -0.4 is 0 Å². The minimum Gasteiger partial charge on any atom is -0.466 e. The van der Waals surface area contributed by atoms with Gasteiger partial charge < -0.3 is 9.64 Å². The predicted molar refractivity (Wildman–Crippen MR) is 138 cm³/mol. The summed E-state index contributed by atoms with van der Waals surface area (Å²) in [5, 5.41) is 0.0696. The number of carbonyl (C=O) groups is 3. The Hall–Kier alpha value is -2.23. The number of thiol groups is 1. The molecule has 1 aromatic carbocycles. The van der Waals surface area contributed by atoms with Crippen LogP contribution in [0.4, 0.5) is 4.39 Å². The van der Waals surface area contributed by atoms with Gasteiger partial charge in [0.2, 0.25) is 5.91 Å². The second-order valence-corrected chi connectivity index (χ2v) is 10.4. The fourth-order valence-corrected chi connectivity index (χ4v) is 5.29. The molecule has 7 nitrogen and oxygen atoms in total. The third-order valence-electron chi connectivity index (χ3n) is 7.22. The highest BCUT2D eigenvalue weighted by molar-refractivity contribution is 7.81. The third kappa shape index (κ3) is 6.75. The summed E-state index contributed by atoms with van der Waals surface area (Å²) >= 11 is 4.78. The number of hydrogen-bond donors (Lipinski definition) is 1. The summed E-state index contributed by atoms with van der Waals surface area (Å²) in [4.78, 5) is 43.3. The lowest BCUT2D eigenvalue weighted by Crippen LogP contribution is -2.50. The average Bonchev–Trinajstić information content (AvgIpc) is 3.71. The van der Waals surface area contributed by atoms with Crippen molar-refractivity contribution < 1.29 is 23.5 Å². The second kappa shape index (κ2) is 12.3. The monoisotopic (exact) mass is 517 g/mol. The smallest absolute Gasteiger partial charge is 0.307 e. The molecule has 2 saturated heterocycles. The number of hydrogen-bond acceptors (Lipinski definition) is 7. The number of rotatable bonds is 10. The van der Waals surface area contributed by atoms with Gasteiger partial charge in [-0.1, -0.05) is 24.3 Å². The van der Waals surface area contributed by atoms with E-state index < -0.39 is 6.04 Å². The molecule has 2 unspecified atom stereocenters. The maximum atomic E-state index is 14.7. The van der Waals surface area contributed by atoms with Gasteiger partial charge in [-0.15, -0.1) is 0 Å². The van der Waals surface area contributed by atoms with Crippen molar-refractivity contribution in [2.24, 2.45) is 5.92 Å². The van der Waals surface area contributed by atoms with Crippen LogP contribution in [0, 0.1) is 11.7 Å². The van der Waals surface area contributed by atoms with E-state index in [0.717, 1.165) is 31.4 Å². The van der Waals surface area contributed by atoms with Gasteiger partial charge in [-0.05, 0) is 37.8 Å². The first kappa shape index (κ1) is 26.8. The first-order valence-corrected chi connectivity index (χ1v) is 13.4. The van der Waals surface area contributed by atoms with Gasteiger partial charge >= 0.3 is 5.97 Å². The summed E-state index contributed by atoms with van der Waals surface area (Å²) in [5.41, 5.74) is 1.56. The van der Waals surface area contributed by atoms with Crippen LogP contribution in [0.5, 0.6) is 0 Å². The number of halogens is 1. The van der Waals surface area contributed by atoms with Gasteiger partial charge in [-0.3, -0.25) is 24.2 Å². The van der Waals surface area contributed by atoms with E-state index in [0.29, 0.717) is 51.4 Å². The third-order valence-corrected chi connectivity index (χ3v) is 7.81. The lowest BCUT2D eigenvalue weighted by Gasteiger charge is -2.38. The Labute approximate surface area is 218 Å². The van der Waals surface area contributed by atoms with E-state index in [1.165, 1.54) is 6.07 Å². The van der Waals surface area contributed by atoms with Gasteiger partial charge in [0, 0.05) is 56.0 Å². The van der Waals surface area contributed by atoms with Gasteiger partial charge in [0.1, 0.15) is 5.82 Å². The molecule has 1 aliphatic carbocycles. The van der Waals surface area contributed by atoms with E-state index in [9.17, 15) is 18.8 Å². The second-order valence-electron chi connectivity index (χ2n) is 9.83. The summed E-state index contributed by atoms with van der Waals surface area (Å²) in [5.74, 6) is -0.475. The van der Waals surface area contributed by atoms with Crippen LogP contribution in [-0.2, 0) is 19.1 Å². The highest BCUT2D eigenvalue weighted by Gasteiger charge is 2.40. The van der Waals surface area contributed by atoms with Crippen molar-refractivity contribution in [2.75, 3.05) is 52.4 Å². The summed E-state index contributed by atoms with van der Waals surface area (Å²) in [7, 11) is 0. The summed E-state index contributed by atoms with van der Waals surface area (Å²) in [6.45, 7) is 5.92. The largest absolute Gasteiger partial charge is 0.466 e. The van der Waals surface area contributed by atoms with Crippen LogP contribution in [-0.4, -0.2) is 90.0 Å². The van der Waals surface area contributed by atoms with Crippen molar-refractivity contribution in [2.45, 2.75) is 43.9 Å². The SMILES string of the molecule is CCOC(=O)CCN1CCN(C/C=C2\CN(C(C(=O)C3CC3)c3ccccc3F)CCC2S)CC1=O. The van der Waals surface area contributed by atoms with E-state index in [-0.39, 0.29) is 41.1 Å². The molecule has 1 aromatic rings. The molecule has 196 valence electrons. The lowest BCUT2D eigenvalue weighted by atomic mass is 9.93. The highest BCUT2D eigenvalue weighted by Crippen LogP contribution is 2.39. The molecule has 0 N–H and O–H groups in total. The van der Waals surface area contributed by atoms with E-state index >= 15 is 0 Å². The molecule has 2 heterocycles. The Kier molecular flexibility index (Phi) is 9.19. The average molecular weight is 518 g/mol. The number of carbonyl (C=O) groups excluding carboxylic acids is 3. The molecule has 3 aliphatic rings. The van der Waals surface area contributed by atoms with E-state index in [2.05, 4.69) is 15.9 Å². The van der Waals surface area contributed by atoms with Crippen LogP contribution in [0.25, 0.3) is 0 Å². The van der Waals surface area contributed by atoms with Crippen LogP contribution in [0.1, 0.15) is 44.2 Å². The topological polar surface area (TPSA) is 70.2 Å². The number of ether oxygens (including phenoxy) is 1. The number of likely N-dealkylation sites (tertiary alicyclic amines) is 1. The van der Waals surface area contributed by atoms with Crippen LogP contribution in [0.3, 0.4) is 0 Å². The molecule has 36 heavy (non-hydrogen) atoms.